The van der Waals surface area contributed by atoms with Crippen molar-refractivity contribution in [3.05, 3.63) is 35.6 Å². The first-order chi connectivity index (χ1) is 5.74. The maximum atomic E-state index is 13.0. The van der Waals surface area contributed by atoms with E-state index < -0.39 is 0 Å². The van der Waals surface area contributed by atoms with Crippen LogP contribution in [0.3, 0.4) is 0 Å². The normalized spacial score (nSPS) is 12.1. The molecule has 2 heteroatoms. The molecule has 0 spiro atoms. The molecule has 0 aliphatic heterocycles. The third-order valence-electron chi connectivity index (χ3n) is 1.70. The van der Waals surface area contributed by atoms with Crippen molar-refractivity contribution in [3.8, 4) is 6.07 Å². The van der Waals surface area contributed by atoms with Crippen LogP contribution in [0.5, 0.6) is 0 Å². The van der Waals surface area contributed by atoms with Crippen LogP contribution in [0.25, 0.3) is 0 Å². The molecule has 1 unspecified atom stereocenters. The number of hydrogen-bond donors (Lipinski definition) is 0. The van der Waals surface area contributed by atoms with E-state index in [1.165, 1.54) is 6.07 Å². The van der Waals surface area contributed by atoms with E-state index in [1.807, 2.05) is 0 Å². The van der Waals surface area contributed by atoms with Crippen molar-refractivity contribution in [2.75, 3.05) is 0 Å². The third kappa shape index (κ3) is 2.06. The van der Waals surface area contributed by atoms with Crippen molar-refractivity contribution in [3.63, 3.8) is 0 Å². The minimum absolute atomic E-state index is 0.123. The van der Waals surface area contributed by atoms with Crippen molar-refractivity contribution in [2.24, 2.45) is 5.92 Å². The van der Waals surface area contributed by atoms with Gasteiger partial charge in [-0.25, -0.2) is 4.39 Å². The highest BCUT2D eigenvalue weighted by Crippen LogP contribution is 2.11. The van der Waals surface area contributed by atoms with Crippen molar-refractivity contribution >= 4 is 0 Å². The lowest BCUT2D eigenvalue weighted by atomic mass is 10.0. The zero-order valence-corrected chi connectivity index (χ0v) is 6.92. The average Bonchev–Trinajstić information content (AvgIpc) is 2.09. The number of hydrogen-bond acceptors (Lipinski definition) is 1. The largest absolute Gasteiger partial charge is 0.207 e. The second-order valence-electron chi connectivity index (χ2n) is 2.83. The molecular formula is C10H10FN. The first-order valence-electron chi connectivity index (χ1n) is 3.87. The molecule has 0 amide bonds. The SMILES string of the molecule is CC(C#N)Cc1ccccc1F. The van der Waals surface area contributed by atoms with Crippen LogP contribution in [0.1, 0.15) is 12.5 Å². The summed E-state index contributed by atoms with van der Waals surface area (Å²) in [5.74, 6) is -0.346. The second-order valence-corrected chi connectivity index (χ2v) is 2.83. The van der Waals surface area contributed by atoms with Crippen LogP contribution >= 0.6 is 0 Å². The van der Waals surface area contributed by atoms with Crippen molar-refractivity contribution in [1.82, 2.24) is 0 Å². The molecule has 0 aliphatic carbocycles. The van der Waals surface area contributed by atoms with Crippen LogP contribution in [-0.2, 0) is 6.42 Å². The van der Waals surface area contributed by atoms with Crippen LogP contribution < -0.4 is 0 Å². The van der Waals surface area contributed by atoms with Gasteiger partial charge in [-0.05, 0) is 25.0 Å². The van der Waals surface area contributed by atoms with Crippen LogP contribution in [0.2, 0.25) is 0 Å². The molecule has 0 N–H and O–H groups in total. The molecule has 1 atom stereocenters. The van der Waals surface area contributed by atoms with Crippen LogP contribution in [0.4, 0.5) is 4.39 Å². The Labute approximate surface area is 71.4 Å². The standard InChI is InChI=1S/C10H10FN/c1-8(7-12)6-9-4-2-3-5-10(9)11/h2-5,8H,6H2,1H3. The predicted octanol–water partition coefficient (Wildman–Crippen LogP) is 2.53. The molecule has 0 aromatic heterocycles. The fourth-order valence-electron chi connectivity index (χ4n) is 1.04. The molecule has 0 aliphatic rings. The van der Waals surface area contributed by atoms with E-state index in [2.05, 4.69) is 6.07 Å². The lowest BCUT2D eigenvalue weighted by Gasteiger charge is -2.02. The number of nitrogens with zero attached hydrogens (tertiary/aromatic N) is 1. The Morgan fingerprint density at radius 1 is 1.50 bits per heavy atom. The third-order valence-corrected chi connectivity index (χ3v) is 1.70. The zero-order chi connectivity index (χ0) is 8.97. The van der Waals surface area contributed by atoms with E-state index >= 15 is 0 Å². The Morgan fingerprint density at radius 3 is 2.75 bits per heavy atom. The van der Waals surface area contributed by atoms with E-state index in [9.17, 15) is 4.39 Å². The summed E-state index contributed by atoms with van der Waals surface area (Å²) in [5, 5.41) is 8.51. The highest BCUT2D eigenvalue weighted by atomic mass is 19.1. The number of nitriles is 1. The molecule has 62 valence electrons. The summed E-state index contributed by atoms with van der Waals surface area (Å²) < 4.78 is 13.0. The Hall–Kier alpha value is -1.36. The first-order valence-corrected chi connectivity index (χ1v) is 3.87. The van der Waals surface area contributed by atoms with E-state index in [0.717, 1.165) is 0 Å². The lowest BCUT2D eigenvalue weighted by Crippen LogP contribution is -1.98. The maximum absolute atomic E-state index is 13.0. The summed E-state index contributed by atoms with van der Waals surface area (Å²) in [5.41, 5.74) is 0.617. The van der Waals surface area contributed by atoms with Gasteiger partial charge in [0.05, 0.1) is 6.07 Å². The molecule has 1 rings (SSSR count). The van der Waals surface area contributed by atoms with Gasteiger partial charge in [0.2, 0.25) is 0 Å². The average molecular weight is 163 g/mol. The number of benzene rings is 1. The predicted molar refractivity (Wildman–Crippen MR) is 44.9 cm³/mol. The summed E-state index contributed by atoms with van der Waals surface area (Å²) in [4.78, 5) is 0. The summed E-state index contributed by atoms with van der Waals surface area (Å²) in [6.07, 6.45) is 0.489. The lowest BCUT2D eigenvalue weighted by molar-refractivity contribution is 0.594. The van der Waals surface area contributed by atoms with Gasteiger partial charge in [0.1, 0.15) is 5.82 Å². The van der Waals surface area contributed by atoms with Gasteiger partial charge in [-0.15, -0.1) is 0 Å². The minimum atomic E-state index is -0.223. The zero-order valence-electron chi connectivity index (χ0n) is 6.92. The molecule has 0 saturated carbocycles. The molecule has 12 heavy (non-hydrogen) atoms. The first kappa shape index (κ1) is 8.73. The molecule has 1 nitrogen and oxygen atoms in total. The minimum Gasteiger partial charge on any atom is -0.207 e. The van der Waals surface area contributed by atoms with Crippen LogP contribution in [0, 0.1) is 23.1 Å². The van der Waals surface area contributed by atoms with E-state index in [4.69, 9.17) is 5.26 Å². The maximum Gasteiger partial charge on any atom is 0.126 e. The van der Waals surface area contributed by atoms with Gasteiger partial charge in [0.25, 0.3) is 0 Å². The quantitative estimate of drug-likeness (QED) is 0.657. The van der Waals surface area contributed by atoms with Gasteiger partial charge in [0.15, 0.2) is 0 Å². The smallest absolute Gasteiger partial charge is 0.126 e. The summed E-state index contributed by atoms with van der Waals surface area (Å²) >= 11 is 0. The van der Waals surface area contributed by atoms with Gasteiger partial charge in [-0.1, -0.05) is 18.2 Å². The molecule has 1 aromatic rings. The van der Waals surface area contributed by atoms with Crippen LogP contribution in [-0.4, -0.2) is 0 Å². The molecule has 0 heterocycles. The van der Waals surface area contributed by atoms with Gasteiger partial charge in [-0.2, -0.15) is 5.26 Å². The molecule has 1 aromatic carbocycles. The number of halogens is 1. The molecule has 0 bridgehead atoms. The van der Waals surface area contributed by atoms with Crippen molar-refractivity contribution in [1.29, 1.82) is 5.26 Å². The topological polar surface area (TPSA) is 23.8 Å². The second kappa shape index (κ2) is 3.87. The fraction of sp³-hybridized carbons (Fsp3) is 0.300. The fourth-order valence-corrected chi connectivity index (χ4v) is 1.04. The van der Waals surface area contributed by atoms with E-state index in [0.29, 0.717) is 12.0 Å². The van der Waals surface area contributed by atoms with Crippen LogP contribution in [0.15, 0.2) is 24.3 Å². The van der Waals surface area contributed by atoms with E-state index in [1.54, 1.807) is 25.1 Å². The van der Waals surface area contributed by atoms with Gasteiger partial charge >= 0.3 is 0 Å². The van der Waals surface area contributed by atoms with E-state index in [-0.39, 0.29) is 11.7 Å². The Bertz CT molecular complexity index is 301. The van der Waals surface area contributed by atoms with Gasteiger partial charge < -0.3 is 0 Å². The monoisotopic (exact) mass is 163 g/mol. The van der Waals surface area contributed by atoms with Crippen molar-refractivity contribution in [2.45, 2.75) is 13.3 Å². The molecule has 0 fully saturated rings. The van der Waals surface area contributed by atoms with Gasteiger partial charge in [0, 0.05) is 5.92 Å². The Kier molecular flexibility index (Phi) is 2.82. The van der Waals surface area contributed by atoms with Gasteiger partial charge in [-0.3, -0.25) is 0 Å². The molecule has 0 saturated heterocycles. The summed E-state index contributed by atoms with van der Waals surface area (Å²) in [6, 6.07) is 8.63. The molecular weight excluding hydrogens is 153 g/mol. The van der Waals surface area contributed by atoms with Crippen molar-refractivity contribution < 1.29 is 4.39 Å². The summed E-state index contributed by atoms with van der Waals surface area (Å²) in [7, 11) is 0. The number of rotatable bonds is 2. The Balaban J connectivity index is 2.77. The highest BCUT2D eigenvalue weighted by Gasteiger charge is 2.05. The Morgan fingerprint density at radius 2 is 2.17 bits per heavy atom. The summed E-state index contributed by atoms with van der Waals surface area (Å²) in [6.45, 7) is 1.78. The highest BCUT2D eigenvalue weighted by molar-refractivity contribution is 5.18. The molecule has 0 radical (unpaired) electrons.